The first-order valence-corrected chi connectivity index (χ1v) is 3.88. The third kappa shape index (κ3) is 1.74. The fourth-order valence-electron chi connectivity index (χ4n) is 1.17. The van der Waals surface area contributed by atoms with Crippen molar-refractivity contribution in [3.63, 3.8) is 0 Å². The zero-order chi connectivity index (χ0) is 7.56. The Kier molecular flexibility index (Phi) is 2.33. The molecule has 0 saturated heterocycles. The molecule has 1 rings (SSSR count). The quantitative estimate of drug-likeness (QED) is 0.587. The number of hydrogen-bond acceptors (Lipinski definition) is 2. The van der Waals surface area contributed by atoms with Gasteiger partial charge in [-0.15, -0.1) is 0 Å². The maximum atomic E-state index is 5.63. The van der Waals surface area contributed by atoms with Crippen molar-refractivity contribution in [1.82, 2.24) is 4.90 Å². The lowest BCUT2D eigenvalue weighted by Crippen LogP contribution is -2.35. The van der Waals surface area contributed by atoms with Crippen molar-refractivity contribution >= 4 is 0 Å². The van der Waals surface area contributed by atoms with E-state index in [1.54, 1.807) is 0 Å². The van der Waals surface area contributed by atoms with Crippen LogP contribution in [0.4, 0.5) is 0 Å². The van der Waals surface area contributed by atoms with Crippen molar-refractivity contribution in [2.24, 2.45) is 5.73 Å². The van der Waals surface area contributed by atoms with Crippen LogP contribution in [0.5, 0.6) is 0 Å². The van der Waals surface area contributed by atoms with Crippen LogP contribution in [0.25, 0.3) is 0 Å². The van der Waals surface area contributed by atoms with Crippen LogP contribution < -0.4 is 5.73 Å². The normalized spacial score (nSPS) is 21.3. The third-order valence-corrected chi connectivity index (χ3v) is 2.01. The SMILES string of the molecule is CC(C)N1CC=C(N)CC1. The first kappa shape index (κ1) is 7.61. The smallest absolute Gasteiger partial charge is 0.0185 e. The predicted molar refractivity (Wildman–Crippen MR) is 43.6 cm³/mol. The van der Waals surface area contributed by atoms with E-state index in [0.717, 1.165) is 25.2 Å². The highest BCUT2D eigenvalue weighted by Gasteiger charge is 2.11. The van der Waals surface area contributed by atoms with Gasteiger partial charge in [0.05, 0.1) is 0 Å². The van der Waals surface area contributed by atoms with Gasteiger partial charge in [0.15, 0.2) is 0 Å². The summed E-state index contributed by atoms with van der Waals surface area (Å²) in [7, 11) is 0. The number of rotatable bonds is 1. The summed E-state index contributed by atoms with van der Waals surface area (Å²) in [4.78, 5) is 2.41. The molecule has 0 unspecified atom stereocenters. The summed E-state index contributed by atoms with van der Waals surface area (Å²) in [6.07, 6.45) is 3.15. The molecule has 0 amide bonds. The van der Waals surface area contributed by atoms with E-state index >= 15 is 0 Å². The topological polar surface area (TPSA) is 29.3 Å². The van der Waals surface area contributed by atoms with E-state index in [1.165, 1.54) is 0 Å². The summed E-state index contributed by atoms with van der Waals surface area (Å²) in [5, 5.41) is 0. The summed E-state index contributed by atoms with van der Waals surface area (Å²) in [5.41, 5.74) is 6.68. The summed E-state index contributed by atoms with van der Waals surface area (Å²) in [6.45, 7) is 6.59. The van der Waals surface area contributed by atoms with Crippen LogP contribution in [0, 0.1) is 0 Å². The molecule has 2 heteroatoms. The van der Waals surface area contributed by atoms with Gasteiger partial charge in [0.2, 0.25) is 0 Å². The molecular weight excluding hydrogens is 124 g/mol. The highest BCUT2D eigenvalue weighted by Crippen LogP contribution is 2.08. The molecule has 10 heavy (non-hydrogen) atoms. The van der Waals surface area contributed by atoms with Gasteiger partial charge in [-0.3, -0.25) is 4.90 Å². The average molecular weight is 140 g/mol. The Balaban J connectivity index is 2.42. The van der Waals surface area contributed by atoms with Gasteiger partial charge in [0.25, 0.3) is 0 Å². The Morgan fingerprint density at radius 1 is 1.60 bits per heavy atom. The molecule has 0 aromatic rings. The highest BCUT2D eigenvalue weighted by atomic mass is 15.1. The molecule has 0 radical (unpaired) electrons. The van der Waals surface area contributed by atoms with E-state index in [-0.39, 0.29) is 0 Å². The standard InChI is InChI=1S/C8H16N2/c1-7(2)10-5-3-8(9)4-6-10/h3,7H,4-6,9H2,1-2H3. The van der Waals surface area contributed by atoms with E-state index in [4.69, 9.17) is 5.73 Å². The van der Waals surface area contributed by atoms with Crippen LogP contribution >= 0.6 is 0 Å². The maximum absolute atomic E-state index is 5.63. The Bertz CT molecular complexity index is 138. The molecule has 0 atom stereocenters. The fraction of sp³-hybridized carbons (Fsp3) is 0.750. The van der Waals surface area contributed by atoms with Crippen molar-refractivity contribution in [3.05, 3.63) is 11.8 Å². The summed E-state index contributed by atoms with van der Waals surface area (Å²) in [6, 6.07) is 0.657. The van der Waals surface area contributed by atoms with Gasteiger partial charge in [-0.05, 0) is 20.3 Å². The molecule has 0 saturated carbocycles. The maximum Gasteiger partial charge on any atom is 0.0185 e. The summed E-state index contributed by atoms with van der Waals surface area (Å²) < 4.78 is 0. The van der Waals surface area contributed by atoms with Crippen molar-refractivity contribution in [3.8, 4) is 0 Å². The minimum atomic E-state index is 0.657. The van der Waals surface area contributed by atoms with Gasteiger partial charge in [-0.1, -0.05) is 6.08 Å². The van der Waals surface area contributed by atoms with Crippen molar-refractivity contribution < 1.29 is 0 Å². The van der Waals surface area contributed by atoms with E-state index in [0.29, 0.717) is 6.04 Å². The second-order valence-corrected chi connectivity index (χ2v) is 3.12. The molecule has 0 fully saturated rings. The summed E-state index contributed by atoms with van der Waals surface area (Å²) in [5.74, 6) is 0. The van der Waals surface area contributed by atoms with Gasteiger partial charge >= 0.3 is 0 Å². The molecule has 0 aliphatic carbocycles. The van der Waals surface area contributed by atoms with Crippen LogP contribution in [0.2, 0.25) is 0 Å². The van der Waals surface area contributed by atoms with Gasteiger partial charge in [-0.2, -0.15) is 0 Å². The van der Waals surface area contributed by atoms with Crippen LogP contribution in [0.3, 0.4) is 0 Å². The summed E-state index contributed by atoms with van der Waals surface area (Å²) >= 11 is 0. The molecule has 1 aliphatic rings. The Labute approximate surface area is 62.7 Å². The fourth-order valence-corrected chi connectivity index (χ4v) is 1.17. The molecule has 2 nitrogen and oxygen atoms in total. The third-order valence-electron chi connectivity index (χ3n) is 2.01. The number of nitrogens with zero attached hydrogens (tertiary/aromatic N) is 1. The molecule has 1 aliphatic heterocycles. The largest absolute Gasteiger partial charge is 0.402 e. The van der Waals surface area contributed by atoms with Crippen molar-refractivity contribution in [1.29, 1.82) is 0 Å². The molecule has 58 valence electrons. The lowest BCUT2D eigenvalue weighted by Gasteiger charge is -2.28. The first-order valence-electron chi connectivity index (χ1n) is 3.88. The second-order valence-electron chi connectivity index (χ2n) is 3.12. The minimum Gasteiger partial charge on any atom is -0.402 e. The zero-order valence-corrected chi connectivity index (χ0v) is 6.80. The van der Waals surface area contributed by atoms with Crippen molar-refractivity contribution in [2.75, 3.05) is 13.1 Å². The van der Waals surface area contributed by atoms with E-state index < -0.39 is 0 Å². The van der Waals surface area contributed by atoms with Crippen molar-refractivity contribution in [2.45, 2.75) is 26.3 Å². The second kappa shape index (κ2) is 3.06. The van der Waals surface area contributed by atoms with Crippen LogP contribution in [-0.4, -0.2) is 24.0 Å². The van der Waals surface area contributed by atoms with Gasteiger partial charge in [0.1, 0.15) is 0 Å². The number of hydrogen-bond donors (Lipinski definition) is 1. The first-order chi connectivity index (χ1) is 4.70. The Hall–Kier alpha value is -0.500. The van der Waals surface area contributed by atoms with Crippen LogP contribution in [-0.2, 0) is 0 Å². The molecule has 0 bridgehead atoms. The predicted octanol–water partition coefficient (Wildman–Crippen LogP) is 0.943. The molecular formula is C8H16N2. The average Bonchev–Trinajstić information content (AvgIpc) is 1.88. The van der Waals surface area contributed by atoms with Crippen LogP contribution in [0.1, 0.15) is 20.3 Å². The minimum absolute atomic E-state index is 0.657. The van der Waals surface area contributed by atoms with E-state index in [9.17, 15) is 0 Å². The van der Waals surface area contributed by atoms with Crippen LogP contribution in [0.15, 0.2) is 11.8 Å². The lowest BCUT2D eigenvalue weighted by molar-refractivity contribution is 0.238. The molecule has 0 aromatic heterocycles. The highest BCUT2D eigenvalue weighted by molar-refractivity contribution is 5.02. The Morgan fingerprint density at radius 3 is 2.70 bits per heavy atom. The van der Waals surface area contributed by atoms with Gasteiger partial charge < -0.3 is 5.73 Å². The molecule has 2 N–H and O–H groups in total. The monoisotopic (exact) mass is 140 g/mol. The zero-order valence-electron chi connectivity index (χ0n) is 6.80. The number of nitrogens with two attached hydrogens (primary N) is 1. The molecule has 0 aromatic carbocycles. The van der Waals surface area contributed by atoms with Gasteiger partial charge in [-0.25, -0.2) is 0 Å². The van der Waals surface area contributed by atoms with Gasteiger partial charge in [0, 0.05) is 24.8 Å². The Morgan fingerprint density at radius 2 is 2.30 bits per heavy atom. The lowest BCUT2D eigenvalue weighted by atomic mass is 10.2. The molecule has 1 heterocycles. The molecule has 0 spiro atoms. The van der Waals surface area contributed by atoms with E-state index in [2.05, 4.69) is 24.8 Å². The van der Waals surface area contributed by atoms with E-state index in [1.807, 2.05) is 0 Å².